The number of hydrogen-bond acceptors (Lipinski definition) is 3. The van der Waals surface area contributed by atoms with Crippen LogP contribution in [-0.2, 0) is 16.3 Å². The van der Waals surface area contributed by atoms with Crippen LogP contribution in [0.25, 0.3) is 0 Å². The molecule has 17 heavy (non-hydrogen) atoms. The lowest BCUT2D eigenvalue weighted by Gasteiger charge is -2.15. The normalized spacial score (nSPS) is 13.6. The summed E-state index contributed by atoms with van der Waals surface area (Å²) in [6.07, 6.45) is 3.08. The second-order valence-corrected chi connectivity index (χ2v) is 6.42. The van der Waals surface area contributed by atoms with Gasteiger partial charge in [0.15, 0.2) is 9.84 Å². The van der Waals surface area contributed by atoms with E-state index in [4.69, 9.17) is 0 Å². The van der Waals surface area contributed by atoms with Gasteiger partial charge in [-0.05, 0) is 37.9 Å². The Morgan fingerprint density at radius 2 is 1.94 bits per heavy atom. The predicted molar refractivity (Wildman–Crippen MR) is 71.0 cm³/mol. The number of sulfone groups is 1. The SMILES string of the molecule is CCCNC(C)Cc1ccccc1S(C)(=O)=O. The van der Waals surface area contributed by atoms with Crippen LogP contribution in [0.5, 0.6) is 0 Å². The van der Waals surface area contributed by atoms with Gasteiger partial charge in [0.2, 0.25) is 0 Å². The summed E-state index contributed by atoms with van der Waals surface area (Å²) >= 11 is 0. The Kier molecular flexibility index (Phi) is 5.15. The lowest BCUT2D eigenvalue weighted by molar-refractivity contribution is 0.539. The molecule has 0 saturated carbocycles. The molecule has 0 fully saturated rings. The fourth-order valence-electron chi connectivity index (χ4n) is 1.83. The summed E-state index contributed by atoms with van der Waals surface area (Å²) in [5.41, 5.74) is 0.895. The molecule has 1 N–H and O–H groups in total. The topological polar surface area (TPSA) is 46.2 Å². The van der Waals surface area contributed by atoms with Gasteiger partial charge in [-0.3, -0.25) is 0 Å². The van der Waals surface area contributed by atoms with Crippen LogP contribution in [-0.4, -0.2) is 27.3 Å². The zero-order chi connectivity index (χ0) is 12.9. The summed E-state index contributed by atoms with van der Waals surface area (Å²) in [6, 6.07) is 7.51. The minimum atomic E-state index is -3.13. The molecule has 1 unspecified atom stereocenters. The molecule has 0 amide bonds. The Morgan fingerprint density at radius 1 is 1.29 bits per heavy atom. The van der Waals surface area contributed by atoms with E-state index >= 15 is 0 Å². The number of benzene rings is 1. The molecule has 3 nitrogen and oxygen atoms in total. The number of hydrogen-bond donors (Lipinski definition) is 1. The third-order valence-corrected chi connectivity index (χ3v) is 3.84. The molecule has 0 spiro atoms. The highest BCUT2D eigenvalue weighted by atomic mass is 32.2. The van der Waals surface area contributed by atoms with E-state index in [2.05, 4.69) is 19.2 Å². The van der Waals surface area contributed by atoms with Gasteiger partial charge >= 0.3 is 0 Å². The molecule has 4 heteroatoms. The maximum absolute atomic E-state index is 11.6. The fourth-order valence-corrected chi connectivity index (χ4v) is 2.78. The monoisotopic (exact) mass is 255 g/mol. The van der Waals surface area contributed by atoms with Gasteiger partial charge in [0.1, 0.15) is 0 Å². The van der Waals surface area contributed by atoms with Crippen LogP contribution < -0.4 is 5.32 Å². The second-order valence-electron chi connectivity index (χ2n) is 4.44. The number of nitrogens with one attached hydrogen (secondary N) is 1. The first-order chi connectivity index (χ1) is 7.95. The van der Waals surface area contributed by atoms with E-state index < -0.39 is 9.84 Å². The summed E-state index contributed by atoms with van der Waals surface area (Å²) < 4.78 is 23.3. The lowest BCUT2D eigenvalue weighted by atomic mass is 10.1. The van der Waals surface area contributed by atoms with Crippen molar-refractivity contribution >= 4 is 9.84 Å². The first kappa shape index (κ1) is 14.2. The van der Waals surface area contributed by atoms with Crippen molar-refractivity contribution in [1.82, 2.24) is 5.32 Å². The van der Waals surface area contributed by atoms with E-state index in [1.807, 2.05) is 12.1 Å². The van der Waals surface area contributed by atoms with Crippen LogP contribution in [0.3, 0.4) is 0 Å². The van der Waals surface area contributed by atoms with Crippen molar-refractivity contribution in [3.63, 3.8) is 0 Å². The third kappa shape index (κ3) is 4.48. The summed E-state index contributed by atoms with van der Waals surface area (Å²) in [4.78, 5) is 0.449. The smallest absolute Gasteiger partial charge is 0.175 e. The standard InChI is InChI=1S/C13H21NO2S/c1-4-9-14-11(2)10-12-7-5-6-8-13(12)17(3,15)16/h5-8,11,14H,4,9-10H2,1-3H3. The van der Waals surface area contributed by atoms with E-state index in [1.165, 1.54) is 6.26 Å². The molecule has 96 valence electrons. The van der Waals surface area contributed by atoms with Gasteiger partial charge in [-0.15, -0.1) is 0 Å². The summed E-state index contributed by atoms with van der Waals surface area (Å²) in [6.45, 7) is 5.15. The maximum Gasteiger partial charge on any atom is 0.175 e. The van der Waals surface area contributed by atoms with Crippen molar-refractivity contribution in [2.45, 2.75) is 37.6 Å². The van der Waals surface area contributed by atoms with Crippen LogP contribution in [0.1, 0.15) is 25.8 Å². The molecule has 0 aliphatic carbocycles. The molecule has 0 aliphatic rings. The van der Waals surface area contributed by atoms with Gasteiger partial charge in [-0.1, -0.05) is 25.1 Å². The summed E-state index contributed by atoms with van der Waals surface area (Å²) in [7, 11) is -3.13. The molecule has 1 atom stereocenters. The predicted octanol–water partition coefficient (Wildman–Crippen LogP) is 2.02. The van der Waals surface area contributed by atoms with Crippen molar-refractivity contribution in [2.24, 2.45) is 0 Å². The van der Waals surface area contributed by atoms with Gasteiger partial charge < -0.3 is 5.32 Å². The molecule has 1 aromatic carbocycles. The summed E-state index contributed by atoms with van der Waals surface area (Å²) in [5, 5.41) is 3.36. The first-order valence-electron chi connectivity index (χ1n) is 5.96. The largest absolute Gasteiger partial charge is 0.314 e. The van der Waals surface area contributed by atoms with Crippen molar-refractivity contribution in [2.75, 3.05) is 12.8 Å². The van der Waals surface area contributed by atoms with Crippen molar-refractivity contribution in [3.05, 3.63) is 29.8 Å². The molecule has 1 rings (SSSR count). The minimum Gasteiger partial charge on any atom is -0.314 e. The quantitative estimate of drug-likeness (QED) is 0.846. The molecule has 0 heterocycles. The summed E-state index contributed by atoms with van der Waals surface area (Å²) in [5.74, 6) is 0. The van der Waals surface area contributed by atoms with Crippen molar-refractivity contribution < 1.29 is 8.42 Å². The van der Waals surface area contributed by atoms with E-state index in [1.54, 1.807) is 12.1 Å². The molecule has 0 radical (unpaired) electrons. The highest BCUT2D eigenvalue weighted by molar-refractivity contribution is 7.90. The fraction of sp³-hybridized carbons (Fsp3) is 0.538. The molecular weight excluding hydrogens is 234 g/mol. The molecule has 0 bridgehead atoms. The second kappa shape index (κ2) is 6.17. The van der Waals surface area contributed by atoms with Crippen molar-refractivity contribution in [1.29, 1.82) is 0 Å². The van der Waals surface area contributed by atoms with E-state index in [0.29, 0.717) is 4.90 Å². The zero-order valence-corrected chi connectivity index (χ0v) is 11.5. The molecule has 0 aromatic heterocycles. The first-order valence-corrected chi connectivity index (χ1v) is 7.85. The average Bonchev–Trinajstić information content (AvgIpc) is 2.25. The van der Waals surface area contributed by atoms with Gasteiger partial charge in [-0.25, -0.2) is 8.42 Å². The van der Waals surface area contributed by atoms with E-state index in [0.717, 1.165) is 24.9 Å². The van der Waals surface area contributed by atoms with Gasteiger partial charge in [0.25, 0.3) is 0 Å². The Labute approximate surface area is 104 Å². The Bertz CT molecular complexity index is 454. The Hall–Kier alpha value is -0.870. The number of rotatable bonds is 6. The van der Waals surface area contributed by atoms with Crippen LogP contribution in [0.4, 0.5) is 0 Å². The molecular formula is C13H21NO2S. The Balaban J connectivity index is 2.84. The van der Waals surface area contributed by atoms with Gasteiger partial charge in [0.05, 0.1) is 4.90 Å². The lowest BCUT2D eigenvalue weighted by Crippen LogP contribution is -2.29. The third-order valence-electron chi connectivity index (χ3n) is 2.64. The van der Waals surface area contributed by atoms with Crippen LogP contribution in [0.2, 0.25) is 0 Å². The Morgan fingerprint density at radius 3 is 2.53 bits per heavy atom. The molecule has 1 aromatic rings. The maximum atomic E-state index is 11.6. The van der Waals surface area contributed by atoms with Gasteiger partial charge in [-0.2, -0.15) is 0 Å². The van der Waals surface area contributed by atoms with E-state index in [9.17, 15) is 8.42 Å². The molecule has 0 saturated heterocycles. The van der Waals surface area contributed by atoms with Crippen molar-refractivity contribution in [3.8, 4) is 0 Å². The van der Waals surface area contributed by atoms with Crippen LogP contribution >= 0.6 is 0 Å². The van der Waals surface area contributed by atoms with E-state index in [-0.39, 0.29) is 6.04 Å². The van der Waals surface area contributed by atoms with Crippen LogP contribution in [0.15, 0.2) is 29.2 Å². The molecule has 0 aliphatic heterocycles. The highest BCUT2D eigenvalue weighted by Crippen LogP contribution is 2.16. The highest BCUT2D eigenvalue weighted by Gasteiger charge is 2.14. The van der Waals surface area contributed by atoms with Crippen LogP contribution in [0, 0.1) is 0 Å². The zero-order valence-electron chi connectivity index (χ0n) is 10.7. The average molecular weight is 255 g/mol. The van der Waals surface area contributed by atoms with Gasteiger partial charge in [0, 0.05) is 12.3 Å². The minimum absolute atomic E-state index is 0.290.